The maximum Gasteiger partial charge on any atom is 0.228 e. The number of hydrogen-bond donors (Lipinski definition) is 0. The fourth-order valence-electron chi connectivity index (χ4n) is 4.20. The monoisotopic (exact) mass is 326 g/mol. The molecule has 2 fully saturated rings. The summed E-state index contributed by atoms with van der Waals surface area (Å²) in [5, 5.41) is 4.57. The van der Waals surface area contributed by atoms with Crippen LogP contribution in [-0.2, 0) is 4.79 Å². The van der Waals surface area contributed by atoms with Gasteiger partial charge in [-0.25, -0.2) is 0 Å². The first-order valence-electron chi connectivity index (χ1n) is 8.59. The summed E-state index contributed by atoms with van der Waals surface area (Å²) in [6.07, 6.45) is 12.5. The van der Waals surface area contributed by atoms with Crippen LogP contribution < -0.4 is 9.49 Å². The number of likely N-dealkylation sites (tertiary alicyclic amines) is 1. The van der Waals surface area contributed by atoms with Crippen molar-refractivity contribution in [3.8, 4) is 0 Å². The number of nitrogens with zero attached hydrogens (tertiary/aromatic N) is 5. The fraction of sp³-hybridized carbons (Fsp3) is 0.500. The molecule has 6 heteroatoms. The second-order valence-electron chi connectivity index (χ2n) is 7.24. The molecule has 6 nitrogen and oxygen atoms in total. The summed E-state index contributed by atoms with van der Waals surface area (Å²) < 4.78 is 0.418. The number of anilines is 1. The number of carbonyl (C=O) groups excluding carboxylic acids is 1. The molecule has 3 aliphatic rings. The lowest BCUT2D eigenvalue weighted by atomic mass is 9.77. The third-order valence-electron chi connectivity index (χ3n) is 5.82. The standard InChI is InChI=1S/C18H24N5O/c1-21-10-5-18(17(21)24)6-11-22(12-7-18)15-14-19-9-4-16(15)23(2)13-3-8-20-23/h3-4,8-9,13-14H,5-7,10-12H2,1-2H3/q+1. The van der Waals surface area contributed by atoms with Crippen molar-refractivity contribution >= 4 is 23.5 Å². The molecule has 0 bridgehead atoms. The average molecular weight is 326 g/mol. The van der Waals surface area contributed by atoms with Gasteiger partial charge >= 0.3 is 0 Å². The maximum atomic E-state index is 12.5. The van der Waals surface area contributed by atoms with Crippen LogP contribution in [0.4, 0.5) is 11.4 Å². The quantitative estimate of drug-likeness (QED) is 0.781. The zero-order chi connectivity index (χ0) is 16.8. The van der Waals surface area contributed by atoms with Gasteiger partial charge in [-0.3, -0.25) is 9.78 Å². The smallest absolute Gasteiger partial charge is 0.228 e. The SMILES string of the molecule is CN1CCC2(CCN(c3cnccc3[N+]3(C)C=CC=N3)CC2)C1=O. The van der Waals surface area contributed by atoms with Crippen LogP contribution in [0, 0.1) is 5.41 Å². The number of aromatic nitrogens is 1. The molecule has 1 amide bonds. The predicted octanol–water partition coefficient (Wildman–Crippen LogP) is 1.98. The van der Waals surface area contributed by atoms with Gasteiger partial charge < -0.3 is 9.80 Å². The molecule has 0 aliphatic carbocycles. The highest BCUT2D eigenvalue weighted by Gasteiger charge is 2.47. The molecular weight excluding hydrogens is 302 g/mol. The van der Waals surface area contributed by atoms with E-state index in [1.807, 2.05) is 42.7 Å². The Hall–Kier alpha value is -2.21. The van der Waals surface area contributed by atoms with Gasteiger partial charge in [0.2, 0.25) is 5.91 Å². The van der Waals surface area contributed by atoms with Crippen molar-refractivity contribution in [3.63, 3.8) is 0 Å². The lowest BCUT2D eigenvalue weighted by molar-refractivity contribution is -0.135. The summed E-state index contributed by atoms with van der Waals surface area (Å²) in [6, 6.07) is 2.04. The Balaban J connectivity index is 1.58. The van der Waals surface area contributed by atoms with Crippen molar-refractivity contribution in [3.05, 3.63) is 30.7 Å². The summed E-state index contributed by atoms with van der Waals surface area (Å²) in [4.78, 5) is 21.1. The Morgan fingerprint density at radius 3 is 2.58 bits per heavy atom. The van der Waals surface area contributed by atoms with Gasteiger partial charge in [-0.15, -0.1) is 4.59 Å². The number of hydrogen-bond acceptors (Lipinski definition) is 4. The average Bonchev–Trinajstić information content (AvgIpc) is 3.17. The molecule has 1 spiro atoms. The van der Waals surface area contributed by atoms with E-state index in [0.717, 1.165) is 50.3 Å². The van der Waals surface area contributed by atoms with E-state index in [0.29, 0.717) is 10.5 Å². The van der Waals surface area contributed by atoms with Gasteiger partial charge in [-0.1, -0.05) is 5.10 Å². The lowest BCUT2D eigenvalue weighted by Crippen LogP contribution is -2.45. The topological polar surface area (TPSA) is 48.8 Å². The summed E-state index contributed by atoms with van der Waals surface area (Å²) in [5.74, 6) is 0.333. The molecule has 1 unspecified atom stereocenters. The molecule has 1 aromatic heterocycles. The Morgan fingerprint density at radius 1 is 1.21 bits per heavy atom. The van der Waals surface area contributed by atoms with Crippen molar-refractivity contribution in [2.24, 2.45) is 10.5 Å². The number of quaternary nitrogens is 1. The minimum Gasteiger partial charge on any atom is -0.365 e. The first-order valence-corrected chi connectivity index (χ1v) is 8.59. The van der Waals surface area contributed by atoms with E-state index in [1.54, 1.807) is 0 Å². The third kappa shape index (κ3) is 2.24. The van der Waals surface area contributed by atoms with Gasteiger partial charge in [0, 0.05) is 45.0 Å². The van der Waals surface area contributed by atoms with Crippen molar-refractivity contribution in [2.45, 2.75) is 19.3 Å². The van der Waals surface area contributed by atoms with Crippen LogP contribution in [0.1, 0.15) is 19.3 Å². The number of piperidine rings is 1. The molecule has 0 aromatic carbocycles. The zero-order valence-corrected chi connectivity index (χ0v) is 14.4. The summed E-state index contributed by atoms with van der Waals surface area (Å²) in [5.41, 5.74) is 2.12. The van der Waals surface area contributed by atoms with Gasteiger partial charge in [0.15, 0.2) is 5.69 Å². The third-order valence-corrected chi connectivity index (χ3v) is 5.82. The second-order valence-corrected chi connectivity index (χ2v) is 7.24. The molecule has 2 saturated heterocycles. The zero-order valence-electron chi connectivity index (χ0n) is 14.4. The van der Waals surface area contributed by atoms with E-state index >= 15 is 0 Å². The first kappa shape index (κ1) is 15.3. The predicted molar refractivity (Wildman–Crippen MR) is 95.7 cm³/mol. The Labute approximate surface area is 142 Å². The van der Waals surface area contributed by atoms with E-state index in [1.165, 1.54) is 0 Å². The number of amides is 1. The van der Waals surface area contributed by atoms with Crippen LogP contribution in [0.2, 0.25) is 0 Å². The normalized spacial score (nSPS) is 28.3. The molecular formula is C18H24N5O+. The number of rotatable bonds is 2. The van der Waals surface area contributed by atoms with Gasteiger partial charge in [0.05, 0.1) is 17.8 Å². The summed E-state index contributed by atoms with van der Waals surface area (Å²) in [7, 11) is 3.99. The summed E-state index contributed by atoms with van der Waals surface area (Å²) >= 11 is 0. The van der Waals surface area contributed by atoms with Gasteiger partial charge in [0.1, 0.15) is 18.9 Å². The number of carbonyl (C=O) groups is 1. The minimum atomic E-state index is -0.127. The van der Waals surface area contributed by atoms with E-state index in [-0.39, 0.29) is 5.41 Å². The Bertz CT molecular complexity index is 706. The Kier molecular flexibility index (Phi) is 3.46. The molecule has 3 aliphatic heterocycles. The number of allylic oxidation sites excluding steroid dienone is 1. The van der Waals surface area contributed by atoms with E-state index in [4.69, 9.17) is 0 Å². The van der Waals surface area contributed by atoms with Crippen LogP contribution in [0.3, 0.4) is 0 Å². The van der Waals surface area contributed by atoms with E-state index in [9.17, 15) is 4.79 Å². The molecule has 0 N–H and O–H groups in total. The molecule has 24 heavy (non-hydrogen) atoms. The fourth-order valence-corrected chi connectivity index (χ4v) is 4.20. The molecule has 126 valence electrons. The molecule has 1 aromatic rings. The highest BCUT2D eigenvalue weighted by Crippen LogP contribution is 2.43. The Morgan fingerprint density at radius 2 is 1.96 bits per heavy atom. The van der Waals surface area contributed by atoms with Crippen molar-refractivity contribution < 1.29 is 4.79 Å². The second kappa shape index (κ2) is 5.41. The van der Waals surface area contributed by atoms with Crippen molar-refractivity contribution in [2.75, 3.05) is 38.6 Å². The van der Waals surface area contributed by atoms with Crippen LogP contribution in [0.15, 0.2) is 35.8 Å². The van der Waals surface area contributed by atoms with E-state index in [2.05, 4.69) is 28.2 Å². The van der Waals surface area contributed by atoms with Gasteiger partial charge in [0.25, 0.3) is 0 Å². The van der Waals surface area contributed by atoms with E-state index < -0.39 is 0 Å². The van der Waals surface area contributed by atoms with Crippen molar-refractivity contribution in [1.29, 1.82) is 0 Å². The highest BCUT2D eigenvalue weighted by molar-refractivity contribution is 5.85. The molecule has 0 radical (unpaired) electrons. The van der Waals surface area contributed by atoms with Crippen LogP contribution in [0.25, 0.3) is 0 Å². The molecule has 4 rings (SSSR count). The van der Waals surface area contributed by atoms with Crippen LogP contribution in [-0.4, -0.2) is 55.7 Å². The molecule has 1 atom stereocenters. The van der Waals surface area contributed by atoms with Crippen molar-refractivity contribution in [1.82, 2.24) is 14.5 Å². The largest absolute Gasteiger partial charge is 0.365 e. The number of pyridine rings is 1. The lowest BCUT2D eigenvalue weighted by Gasteiger charge is -2.39. The van der Waals surface area contributed by atoms with Crippen LogP contribution in [0.5, 0.6) is 0 Å². The first-order chi connectivity index (χ1) is 11.5. The van der Waals surface area contributed by atoms with Gasteiger partial charge in [-0.2, -0.15) is 0 Å². The minimum absolute atomic E-state index is 0.127. The molecule has 4 heterocycles. The maximum absolute atomic E-state index is 12.5. The van der Waals surface area contributed by atoms with Crippen LogP contribution >= 0.6 is 0 Å². The highest BCUT2D eigenvalue weighted by atomic mass is 16.2. The van der Waals surface area contributed by atoms with Gasteiger partial charge in [-0.05, 0) is 19.3 Å². The summed E-state index contributed by atoms with van der Waals surface area (Å²) in [6.45, 7) is 2.68. The molecule has 0 saturated carbocycles.